The zero-order chi connectivity index (χ0) is 23.7. The predicted octanol–water partition coefficient (Wildman–Crippen LogP) is 4.41. The number of halogens is 1. The third kappa shape index (κ3) is 2.77. The first-order valence-electron chi connectivity index (χ1n) is 11.2. The molecule has 8 heteroatoms. The van der Waals surface area contributed by atoms with Crippen molar-refractivity contribution in [2.24, 2.45) is 5.41 Å². The van der Waals surface area contributed by atoms with Crippen LogP contribution in [0.5, 0.6) is 0 Å². The first-order valence-corrected chi connectivity index (χ1v) is 13.0. The van der Waals surface area contributed by atoms with Crippen molar-refractivity contribution in [2.45, 2.75) is 11.5 Å². The minimum atomic E-state index is -1.31. The van der Waals surface area contributed by atoms with Gasteiger partial charge in [-0.3, -0.25) is 14.5 Å². The minimum absolute atomic E-state index is 0.0194. The van der Waals surface area contributed by atoms with Crippen molar-refractivity contribution < 1.29 is 14.0 Å². The second-order valence-electron chi connectivity index (χ2n) is 9.46. The van der Waals surface area contributed by atoms with Gasteiger partial charge in [-0.2, -0.15) is 0 Å². The molecule has 6 rings (SSSR count). The van der Waals surface area contributed by atoms with Crippen molar-refractivity contribution in [2.75, 3.05) is 39.0 Å². The lowest BCUT2D eigenvalue weighted by molar-refractivity contribution is -0.146. The number of carbonyl (C=O) groups excluding carboxylic acids is 2. The Morgan fingerprint density at radius 2 is 1.91 bits per heavy atom. The normalized spacial score (nSPS) is 30.6. The van der Waals surface area contributed by atoms with Crippen LogP contribution in [0.2, 0.25) is 0 Å². The quantitative estimate of drug-likeness (QED) is 0.538. The molecule has 0 saturated carbocycles. The first kappa shape index (κ1) is 21.9. The summed E-state index contributed by atoms with van der Waals surface area (Å²) in [6.45, 7) is 1.44. The number of hydrogen-bond acceptors (Lipinski definition) is 6. The van der Waals surface area contributed by atoms with E-state index >= 15 is 0 Å². The second-order valence-corrected chi connectivity index (χ2v) is 11.4. The average molecular weight is 494 g/mol. The number of thiophene rings is 2. The molecule has 0 bridgehead atoms. The second kappa shape index (κ2) is 7.68. The van der Waals surface area contributed by atoms with E-state index in [-0.39, 0.29) is 17.6 Å². The fraction of sp³-hybridized carbons (Fsp3) is 0.308. The van der Waals surface area contributed by atoms with E-state index in [9.17, 15) is 14.0 Å². The van der Waals surface area contributed by atoms with Crippen molar-refractivity contribution in [1.82, 2.24) is 9.80 Å². The number of Topliss-reactive ketones (excluding diaryl/α,β-unsaturated/α-hetero) is 1. The van der Waals surface area contributed by atoms with Gasteiger partial charge < -0.3 is 10.2 Å². The molecule has 2 spiro atoms. The number of rotatable bonds is 2. The van der Waals surface area contributed by atoms with Gasteiger partial charge in [0.15, 0.2) is 5.78 Å². The molecule has 3 aromatic rings. The fourth-order valence-corrected chi connectivity index (χ4v) is 8.06. The maximum absolute atomic E-state index is 14.7. The number of anilines is 1. The van der Waals surface area contributed by atoms with Gasteiger partial charge in [0, 0.05) is 52.1 Å². The number of likely N-dealkylation sites (N-methyl/N-ethyl adjacent to an activating group) is 2. The molecule has 2 aromatic heterocycles. The Morgan fingerprint density at radius 3 is 2.65 bits per heavy atom. The zero-order valence-corrected chi connectivity index (χ0v) is 20.5. The largest absolute Gasteiger partial charge is 0.324 e. The van der Waals surface area contributed by atoms with Gasteiger partial charge >= 0.3 is 0 Å². The van der Waals surface area contributed by atoms with Crippen molar-refractivity contribution in [3.05, 3.63) is 79.9 Å². The van der Waals surface area contributed by atoms with E-state index in [1.165, 1.54) is 12.1 Å². The SMILES string of the molecule is CN1C/C(=C\c2cccs2)C(=O)[C@]2(C1)[C@@H](c1cccs1)CN(C)[C@]21C(=O)Nc2ccc(F)cc21. The molecule has 3 aliphatic heterocycles. The van der Waals surface area contributed by atoms with Gasteiger partial charge in [-0.25, -0.2) is 4.39 Å². The van der Waals surface area contributed by atoms with Crippen LogP contribution in [-0.2, 0) is 15.1 Å². The van der Waals surface area contributed by atoms with Crippen LogP contribution >= 0.6 is 22.7 Å². The molecule has 34 heavy (non-hydrogen) atoms. The molecule has 174 valence electrons. The van der Waals surface area contributed by atoms with E-state index in [0.29, 0.717) is 36.5 Å². The molecule has 3 atom stereocenters. The molecule has 0 radical (unpaired) electrons. The molecule has 1 amide bonds. The van der Waals surface area contributed by atoms with Crippen molar-refractivity contribution in [3.8, 4) is 0 Å². The Bertz CT molecular complexity index is 1320. The molecule has 5 nitrogen and oxygen atoms in total. The number of amides is 1. The van der Waals surface area contributed by atoms with Crippen LogP contribution in [0, 0.1) is 11.2 Å². The van der Waals surface area contributed by atoms with Crippen molar-refractivity contribution in [1.29, 1.82) is 0 Å². The fourth-order valence-electron chi connectivity index (χ4n) is 6.47. The summed E-state index contributed by atoms with van der Waals surface area (Å²) in [5, 5.41) is 6.99. The van der Waals surface area contributed by atoms with Crippen LogP contribution in [0.3, 0.4) is 0 Å². The minimum Gasteiger partial charge on any atom is -0.324 e. The molecule has 1 aromatic carbocycles. The Balaban J connectivity index is 1.65. The lowest BCUT2D eigenvalue weighted by Gasteiger charge is -2.50. The van der Waals surface area contributed by atoms with Crippen LogP contribution in [0.25, 0.3) is 6.08 Å². The summed E-state index contributed by atoms with van der Waals surface area (Å²) < 4.78 is 14.6. The summed E-state index contributed by atoms with van der Waals surface area (Å²) in [4.78, 5) is 34.9. The summed E-state index contributed by atoms with van der Waals surface area (Å²) in [6, 6.07) is 12.4. The Hall–Kier alpha value is -2.65. The van der Waals surface area contributed by atoms with Crippen molar-refractivity contribution in [3.63, 3.8) is 0 Å². The number of nitrogens with one attached hydrogen (secondary N) is 1. The number of likely N-dealkylation sites (tertiary alicyclic amines) is 2. The van der Waals surface area contributed by atoms with Crippen LogP contribution in [0.4, 0.5) is 10.1 Å². The van der Waals surface area contributed by atoms with Gasteiger partial charge in [0.25, 0.3) is 5.91 Å². The Labute approximate surface area is 205 Å². The van der Waals surface area contributed by atoms with Crippen LogP contribution in [0.1, 0.15) is 21.2 Å². The standard InChI is InChI=1S/C26H24FN3O2S2/c1-29-13-16(11-18-5-3-9-33-18)23(31)25(15-29)20(22-6-4-10-34-22)14-30(2)26(25)19-12-17(27)7-8-21(19)28-24(26)32/h3-12,20H,13-15H2,1-2H3,(H,28,32)/b16-11+/t20-,25+,26-/m1/s1. The van der Waals surface area contributed by atoms with Gasteiger partial charge in [0.1, 0.15) is 11.4 Å². The first-order chi connectivity index (χ1) is 16.4. The van der Waals surface area contributed by atoms with Crippen LogP contribution in [0.15, 0.2) is 58.8 Å². The van der Waals surface area contributed by atoms with E-state index in [1.54, 1.807) is 28.7 Å². The highest BCUT2D eigenvalue weighted by molar-refractivity contribution is 7.11. The number of nitrogens with zero attached hydrogens (tertiary/aromatic N) is 2. The average Bonchev–Trinajstić information content (AvgIpc) is 3.58. The molecule has 0 aliphatic carbocycles. The molecule has 2 fully saturated rings. The number of carbonyl (C=O) groups is 2. The summed E-state index contributed by atoms with van der Waals surface area (Å²) in [7, 11) is 3.88. The molecule has 0 unspecified atom stereocenters. The Morgan fingerprint density at radius 1 is 1.12 bits per heavy atom. The van der Waals surface area contributed by atoms with Gasteiger partial charge in [-0.15, -0.1) is 22.7 Å². The molecule has 5 heterocycles. The smallest absolute Gasteiger partial charge is 0.250 e. The highest BCUT2D eigenvalue weighted by Gasteiger charge is 2.74. The lowest BCUT2D eigenvalue weighted by atomic mass is 9.57. The number of hydrogen-bond donors (Lipinski definition) is 1. The van der Waals surface area contributed by atoms with E-state index < -0.39 is 16.8 Å². The third-order valence-electron chi connectivity index (χ3n) is 7.62. The lowest BCUT2D eigenvalue weighted by Crippen LogP contribution is -2.65. The number of benzene rings is 1. The molecular formula is C26H24FN3O2S2. The topological polar surface area (TPSA) is 52.7 Å². The van der Waals surface area contributed by atoms with Gasteiger partial charge in [-0.1, -0.05) is 12.1 Å². The molecule has 1 N–H and O–H groups in total. The third-order valence-corrected chi connectivity index (χ3v) is 9.43. The van der Waals surface area contributed by atoms with Crippen molar-refractivity contribution >= 4 is 46.1 Å². The maximum Gasteiger partial charge on any atom is 0.250 e. The monoisotopic (exact) mass is 493 g/mol. The maximum atomic E-state index is 14.7. The number of fused-ring (bicyclic) bond motifs is 3. The number of ketones is 1. The van der Waals surface area contributed by atoms with Gasteiger partial charge in [0.2, 0.25) is 0 Å². The van der Waals surface area contributed by atoms with Gasteiger partial charge in [-0.05, 0) is 61.3 Å². The highest BCUT2D eigenvalue weighted by atomic mass is 32.1. The summed E-state index contributed by atoms with van der Waals surface area (Å²) in [5.41, 5.74) is -0.594. The van der Waals surface area contributed by atoms with Gasteiger partial charge in [0.05, 0.1) is 5.41 Å². The molecule has 3 aliphatic rings. The summed E-state index contributed by atoms with van der Waals surface area (Å²) in [5.74, 6) is -0.897. The van der Waals surface area contributed by atoms with E-state index in [1.807, 2.05) is 60.1 Å². The highest BCUT2D eigenvalue weighted by Crippen LogP contribution is 2.64. The summed E-state index contributed by atoms with van der Waals surface area (Å²) >= 11 is 3.19. The van der Waals surface area contributed by atoms with E-state index in [4.69, 9.17) is 0 Å². The molecule has 2 saturated heterocycles. The number of piperidine rings is 1. The summed E-state index contributed by atoms with van der Waals surface area (Å²) in [6.07, 6.45) is 1.96. The van der Waals surface area contributed by atoms with E-state index in [0.717, 1.165) is 9.75 Å². The molecular weight excluding hydrogens is 469 g/mol. The van der Waals surface area contributed by atoms with E-state index in [2.05, 4.69) is 10.2 Å². The Kier molecular flexibility index (Phi) is 4.94. The van der Waals surface area contributed by atoms with Crippen LogP contribution in [-0.4, -0.2) is 55.2 Å². The zero-order valence-electron chi connectivity index (χ0n) is 18.9. The predicted molar refractivity (Wildman–Crippen MR) is 134 cm³/mol. The van der Waals surface area contributed by atoms with Crippen LogP contribution < -0.4 is 5.32 Å².